The van der Waals surface area contributed by atoms with E-state index >= 15 is 0 Å². The van der Waals surface area contributed by atoms with Crippen LogP contribution in [0, 0.1) is 0 Å². The van der Waals surface area contributed by atoms with Crippen molar-refractivity contribution in [2.45, 2.75) is 78.6 Å². The SMILES string of the molecule is [2H]c1c([2H])c([2H])c(-c2ccc3c(c2)B2c4ccc(-n5c6c([2H])c([2H])c([2H])c([2H])c6c6c([2H])c([2H])c([2H])c([2H])c65)cc4N(c4c(-c5ccc(-c6ccccc6)cc5)cc(C(C)(C)C)cc4-c4ccc(-c5ccccc5)cc4)c4cc(C(C)(C)C)cc(c42)N3c2c(-c3ccccc3)cc(-c3ccc(C(C)(C)C)cc3)cc2-c2ccccc2)c([2H])c1[2H]. The van der Waals surface area contributed by atoms with Gasteiger partial charge in [0.25, 0.3) is 6.71 Å². The van der Waals surface area contributed by atoms with E-state index in [0.717, 1.165) is 134 Å². The first-order chi connectivity index (χ1) is 56.9. The fourth-order valence-electron chi connectivity index (χ4n) is 15.8. The molecule has 0 spiro atoms. The van der Waals surface area contributed by atoms with Crippen molar-refractivity contribution in [1.29, 1.82) is 0 Å². The molecule has 0 radical (unpaired) electrons. The quantitative estimate of drug-likeness (QED) is 0.120. The third-order valence-electron chi connectivity index (χ3n) is 21.4. The van der Waals surface area contributed by atoms with Gasteiger partial charge in [-0.2, -0.15) is 0 Å². The molecule has 0 atom stereocenters. The second-order valence-corrected chi connectivity index (χ2v) is 31.1. The zero-order chi connectivity index (χ0) is 83.5. The highest BCUT2D eigenvalue weighted by molar-refractivity contribution is 7.00. The first-order valence-electron chi connectivity index (χ1n) is 42.9. The Labute approximate surface area is 643 Å². The molecule has 0 bridgehead atoms. The largest absolute Gasteiger partial charge is 0.310 e. The fraction of sp³-hybridized carbons (Fsp3) is 0.118. The van der Waals surface area contributed by atoms with Crippen molar-refractivity contribution in [2.75, 3.05) is 9.80 Å². The number of para-hydroxylation sites is 2. The van der Waals surface area contributed by atoms with Gasteiger partial charge in [-0.25, -0.2) is 0 Å². The molecule has 0 aliphatic carbocycles. The van der Waals surface area contributed by atoms with Crippen LogP contribution in [-0.4, -0.2) is 11.3 Å². The normalized spacial score (nSPS) is 14.4. The lowest BCUT2D eigenvalue weighted by Crippen LogP contribution is -2.61. The highest BCUT2D eigenvalue weighted by Gasteiger charge is 2.46. The van der Waals surface area contributed by atoms with E-state index in [2.05, 4.69) is 254 Å². The molecule has 0 saturated carbocycles. The van der Waals surface area contributed by atoms with Gasteiger partial charge < -0.3 is 14.4 Å². The van der Waals surface area contributed by atoms with E-state index in [0.29, 0.717) is 16.9 Å². The van der Waals surface area contributed by atoms with Gasteiger partial charge in [-0.15, -0.1) is 0 Å². The molecule has 0 N–H and O–H groups in total. The lowest BCUT2D eigenvalue weighted by Gasteiger charge is -2.46. The zero-order valence-electron chi connectivity index (χ0n) is 73.8. The summed E-state index contributed by atoms with van der Waals surface area (Å²) in [6.45, 7) is 19.2. The van der Waals surface area contributed by atoms with Crippen LogP contribution in [0.15, 0.2) is 345 Å². The molecule has 0 unspecified atom stereocenters. The van der Waals surface area contributed by atoms with Gasteiger partial charge in [0, 0.05) is 61.5 Å². The Morgan fingerprint density at radius 3 is 1.12 bits per heavy atom. The maximum Gasteiger partial charge on any atom is 0.252 e. The molecule has 106 heavy (non-hydrogen) atoms. The standard InChI is InChI=1S/C102H84BN3/c1-100(2,3)79-54-51-72(52-55-79)78-59-85(73-35-21-13-22-36-73)98(86(60-78)74-37-23-14-24-38-74)105-93-58-53-77(69-33-19-12-20-34-69)61-90(93)103-89-57-56-82(104-91-41-27-25-39-83(91)84-40-26-28-42-92(84)104)66-94(89)106(96-65-81(102(7,8)9)64-95(105)97(96)103)99-87(75-47-43-70(44-48-75)67-29-15-10-16-30-67)62-80(101(4,5)6)63-88(99)76-49-45-71(46-50-76)68-31-17-11-18-32-68/h10-66H,1-9H3/i12D,19D,20D,25D,26D,27D,28D,33D,34D,39D,40D,41D,42D. The highest BCUT2D eigenvalue weighted by atomic mass is 15.2. The Morgan fingerprint density at radius 1 is 0.264 bits per heavy atom. The fourth-order valence-corrected chi connectivity index (χ4v) is 15.8. The molecule has 2 aliphatic rings. The summed E-state index contributed by atoms with van der Waals surface area (Å²) in [5.74, 6) is 0. The first-order valence-corrected chi connectivity index (χ1v) is 36.4. The van der Waals surface area contributed by atoms with Gasteiger partial charge in [0.05, 0.1) is 40.2 Å². The topological polar surface area (TPSA) is 11.4 Å². The third-order valence-corrected chi connectivity index (χ3v) is 21.4. The molecule has 0 saturated heterocycles. The number of nitrogens with zero attached hydrogens (tertiary/aromatic N) is 3. The van der Waals surface area contributed by atoms with E-state index < -0.39 is 84.0 Å². The van der Waals surface area contributed by atoms with Crippen LogP contribution < -0.4 is 26.2 Å². The number of hydrogen-bond acceptors (Lipinski definition) is 2. The average molecular weight is 1380 g/mol. The summed E-state index contributed by atoms with van der Waals surface area (Å²) >= 11 is 0. The Bertz CT molecular complexity index is 6580. The Balaban J connectivity index is 1.05. The molecule has 16 aromatic rings. The highest BCUT2D eigenvalue weighted by Crippen LogP contribution is 2.56. The van der Waals surface area contributed by atoms with E-state index in [1.54, 1.807) is 4.57 Å². The van der Waals surface area contributed by atoms with Crippen LogP contribution in [0.5, 0.6) is 0 Å². The van der Waals surface area contributed by atoms with Gasteiger partial charge in [-0.3, -0.25) is 0 Å². The van der Waals surface area contributed by atoms with Gasteiger partial charge in [-0.1, -0.05) is 341 Å². The number of hydrogen-bond donors (Lipinski definition) is 0. The van der Waals surface area contributed by atoms with Crippen LogP contribution in [-0.2, 0) is 16.2 Å². The maximum absolute atomic E-state index is 9.94. The number of anilines is 6. The van der Waals surface area contributed by atoms with E-state index in [4.69, 9.17) is 4.11 Å². The van der Waals surface area contributed by atoms with Gasteiger partial charge >= 0.3 is 0 Å². The van der Waals surface area contributed by atoms with E-state index in [9.17, 15) is 13.7 Å². The molecule has 15 aromatic carbocycles. The minimum atomic E-state index is -0.782. The molecule has 510 valence electrons. The summed E-state index contributed by atoms with van der Waals surface area (Å²) in [7, 11) is 0. The molecular formula is C102H84BN3. The second-order valence-electron chi connectivity index (χ2n) is 31.1. The van der Waals surface area contributed by atoms with Crippen molar-refractivity contribution in [3.8, 4) is 94.7 Å². The summed E-state index contributed by atoms with van der Waals surface area (Å²) < 4.78 is 125. The van der Waals surface area contributed by atoms with Crippen molar-refractivity contribution in [3.63, 3.8) is 0 Å². The van der Waals surface area contributed by atoms with Crippen LogP contribution in [0.4, 0.5) is 34.1 Å². The lowest BCUT2D eigenvalue weighted by molar-refractivity contribution is 0.590. The zero-order valence-corrected chi connectivity index (χ0v) is 60.8. The van der Waals surface area contributed by atoms with Crippen LogP contribution in [0.3, 0.4) is 0 Å². The Hall–Kier alpha value is -12.2. The Kier molecular flexibility index (Phi) is 12.9. The van der Waals surface area contributed by atoms with Crippen LogP contribution in [0.25, 0.3) is 117 Å². The number of benzene rings is 15. The monoisotopic (exact) mass is 1370 g/mol. The summed E-state index contributed by atoms with van der Waals surface area (Å²) in [5, 5.41) is -0.120. The first kappa shape index (κ1) is 52.7. The molecular weight excluding hydrogens is 1280 g/mol. The van der Waals surface area contributed by atoms with Crippen molar-refractivity contribution >= 4 is 79.0 Å². The third kappa shape index (κ3) is 11.6. The molecule has 3 nitrogen and oxygen atoms in total. The van der Waals surface area contributed by atoms with Gasteiger partial charge in [0.2, 0.25) is 0 Å². The molecule has 0 amide bonds. The summed E-state index contributed by atoms with van der Waals surface area (Å²) in [6, 6.07) is 87.4. The van der Waals surface area contributed by atoms with E-state index in [1.807, 2.05) is 84.9 Å². The smallest absolute Gasteiger partial charge is 0.252 e. The van der Waals surface area contributed by atoms with Crippen molar-refractivity contribution < 1.29 is 17.8 Å². The Morgan fingerprint density at radius 2 is 0.642 bits per heavy atom. The predicted octanol–water partition coefficient (Wildman–Crippen LogP) is 26.1. The lowest BCUT2D eigenvalue weighted by atomic mass is 9.33. The molecule has 0 fully saturated rings. The number of aromatic nitrogens is 1. The molecule has 1 aromatic heterocycles. The van der Waals surface area contributed by atoms with Gasteiger partial charge in [0.1, 0.15) is 0 Å². The average Bonchev–Trinajstić information content (AvgIpc) is 1.27. The minimum absolute atomic E-state index is 0.0227. The second kappa shape index (κ2) is 25.9. The molecule has 4 heteroatoms. The summed E-state index contributed by atoms with van der Waals surface area (Å²) in [5.41, 5.74) is 22.9. The van der Waals surface area contributed by atoms with Crippen molar-refractivity contribution in [2.24, 2.45) is 0 Å². The summed E-state index contributed by atoms with van der Waals surface area (Å²) in [4.78, 5) is 4.78. The van der Waals surface area contributed by atoms with Crippen LogP contribution in [0.2, 0.25) is 0 Å². The predicted molar refractivity (Wildman–Crippen MR) is 454 cm³/mol. The minimum Gasteiger partial charge on any atom is -0.310 e. The molecule has 3 heterocycles. The van der Waals surface area contributed by atoms with E-state index in [1.165, 1.54) is 5.56 Å². The van der Waals surface area contributed by atoms with Crippen LogP contribution >= 0.6 is 0 Å². The van der Waals surface area contributed by atoms with Gasteiger partial charge in [0.15, 0.2) is 0 Å². The maximum atomic E-state index is 9.94. The van der Waals surface area contributed by atoms with Crippen LogP contribution in [0.1, 0.15) is 96.8 Å². The van der Waals surface area contributed by atoms with Crippen molar-refractivity contribution in [3.05, 3.63) is 362 Å². The number of fused-ring (bicyclic) bond motifs is 7. The van der Waals surface area contributed by atoms with Gasteiger partial charge in [-0.05, 0) is 183 Å². The van der Waals surface area contributed by atoms with E-state index in [-0.39, 0.29) is 44.9 Å². The molecule has 18 rings (SSSR count). The molecule has 2 aliphatic heterocycles. The van der Waals surface area contributed by atoms with Crippen molar-refractivity contribution in [1.82, 2.24) is 4.57 Å². The summed E-state index contributed by atoms with van der Waals surface area (Å²) in [6.07, 6.45) is 0. The number of rotatable bonds is 11.